The molecule has 0 spiro atoms. The maximum absolute atomic E-state index is 11.9. The number of carbonyl (C=O) groups excluding carboxylic acids is 2. The van der Waals surface area contributed by atoms with Crippen LogP contribution >= 0.6 is 23.2 Å². The molecule has 0 aliphatic rings. The highest BCUT2D eigenvalue weighted by atomic mass is 35.5. The minimum atomic E-state index is -0.557. The Hall–Kier alpha value is -2.44. The summed E-state index contributed by atoms with van der Waals surface area (Å²) in [4.78, 5) is 23.5. The third-order valence-corrected chi connectivity index (χ3v) is 3.30. The van der Waals surface area contributed by atoms with Crippen LogP contribution in [0.1, 0.15) is 10.4 Å². The topological polar surface area (TPSA) is 93.5 Å². The molecule has 23 heavy (non-hydrogen) atoms. The molecule has 0 bridgehead atoms. The monoisotopic (exact) mass is 353 g/mol. The number of hydrogen-bond acceptors (Lipinski definition) is 4. The van der Waals surface area contributed by atoms with E-state index in [1.54, 1.807) is 36.4 Å². The number of nitrogens with two attached hydrogens (primary N) is 1. The molecular formula is C15H13Cl2N3O3. The first kappa shape index (κ1) is 16.9. The molecule has 2 aromatic carbocycles. The summed E-state index contributed by atoms with van der Waals surface area (Å²) < 4.78 is 5.24. The molecule has 0 aliphatic carbocycles. The van der Waals surface area contributed by atoms with Crippen molar-refractivity contribution in [3.8, 4) is 5.75 Å². The number of carbonyl (C=O) groups is 2. The van der Waals surface area contributed by atoms with Crippen LogP contribution in [0.5, 0.6) is 5.75 Å². The van der Waals surface area contributed by atoms with Gasteiger partial charge in [0, 0.05) is 10.7 Å². The van der Waals surface area contributed by atoms with Gasteiger partial charge in [0.05, 0.1) is 10.6 Å². The average Bonchev–Trinajstić information content (AvgIpc) is 2.52. The summed E-state index contributed by atoms with van der Waals surface area (Å²) in [7, 11) is 0. The van der Waals surface area contributed by atoms with Crippen molar-refractivity contribution in [1.82, 2.24) is 10.9 Å². The van der Waals surface area contributed by atoms with Crippen LogP contribution in [0.4, 0.5) is 5.69 Å². The molecule has 0 saturated carbocycles. The van der Waals surface area contributed by atoms with Crippen molar-refractivity contribution >= 4 is 40.7 Å². The van der Waals surface area contributed by atoms with E-state index in [0.717, 1.165) is 0 Å². The molecule has 8 heteroatoms. The lowest BCUT2D eigenvalue weighted by Gasteiger charge is -2.10. The lowest BCUT2D eigenvalue weighted by atomic mass is 10.2. The van der Waals surface area contributed by atoms with Gasteiger partial charge in [-0.1, -0.05) is 35.3 Å². The molecule has 2 rings (SSSR count). The van der Waals surface area contributed by atoms with Gasteiger partial charge in [0.15, 0.2) is 6.61 Å². The summed E-state index contributed by atoms with van der Waals surface area (Å²) in [5, 5.41) is 0.742. The second kappa shape index (κ2) is 7.71. The molecule has 0 aromatic heterocycles. The zero-order valence-corrected chi connectivity index (χ0v) is 13.3. The highest BCUT2D eigenvalue weighted by Crippen LogP contribution is 2.27. The van der Waals surface area contributed by atoms with Gasteiger partial charge in [-0.3, -0.25) is 20.4 Å². The summed E-state index contributed by atoms with van der Waals surface area (Å²) in [6, 6.07) is 11.1. The number of ether oxygens (including phenoxy) is 1. The van der Waals surface area contributed by atoms with Gasteiger partial charge in [0.2, 0.25) is 0 Å². The van der Waals surface area contributed by atoms with Crippen LogP contribution in [0.3, 0.4) is 0 Å². The van der Waals surface area contributed by atoms with Crippen molar-refractivity contribution < 1.29 is 14.3 Å². The van der Waals surface area contributed by atoms with E-state index in [1.807, 2.05) is 0 Å². The predicted molar refractivity (Wildman–Crippen MR) is 88.4 cm³/mol. The number of nitrogen functional groups attached to an aromatic ring is 1. The van der Waals surface area contributed by atoms with Crippen LogP contribution < -0.4 is 21.3 Å². The van der Waals surface area contributed by atoms with E-state index in [2.05, 4.69) is 10.9 Å². The van der Waals surface area contributed by atoms with Crippen molar-refractivity contribution in [2.24, 2.45) is 0 Å². The number of hydrazine groups is 1. The molecular weight excluding hydrogens is 341 g/mol. The van der Waals surface area contributed by atoms with E-state index in [1.165, 1.54) is 6.07 Å². The average molecular weight is 354 g/mol. The van der Waals surface area contributed by atoms with Gasteiger partial charge in [-0.25, -0.2) is 0 Å². The van der Waals surface area contributed by atoms with E-state index in [4.69, 9.17) is 33.7 Å². The fraction of sp³-hybridized carbons (Fsp3) is 0.0667. The molecule has 2 aromatic rings. The number of anilines is 1. The highest BCUT2D eigenvalue weighted by molar-refractivity contribution is 6.35. The minimum absolute atomic E-state index is 0.259. The molecule has 0 fully saturated rings. The van der Waals surface area contributed by atoms with Crippen molar-refractivity contribution in [3.63, 3.8) is 0 Å². The van der Waals surface area contributed by atoms with E-state index in [-0.39, 0.29) is 17.2 Å². The van der Waals surface area contributed by atoms with Crippen LogP contribution in [0.2, 0.25) is 10.0 Å². The van der Waals surface area contributed by atoms with Crippen LogP contribution in [-0.2, 0) is 4.79 Å². The van der Waals surface area contributed by atoms with Crippen LogP contribution in [-0.4, -0.2) is 18.4 Å². The smallest absolute Gasteiger partial charge is 0.276 e. The highest BCUT2D eigenvalue weighted by Gasteiger charge is 2.11. The Morgan fingerprint density at radius 2 is 1.83 bits per heavy atom. The van der Waals surface area contributed by atoms with Crippen molar-refractivity contribution in [2.45, 2.75) is 0 Å². The Labute approximate surface area is 142 Å². The number of nitrogens with one attached hydrogen (secondary N) is 2. The summed E-state index contributed by atoms with van der Waals surface area (Å²) >= 11 is 11.7. The second-order valence-corrected chi connectivity index (χ2v) is 5.30. The van der Waals surface area contributed by atoms with E-state index < -0.39 is 11.8 Å². The first-order chi connectivity index (χ1) is 11.0. The standard InChI is InChI=1S/C15H13Cl2N3O3/c16-9-5-6-13(11(17)7-9)23-8-14(21)19-20-15(22)10-3-1-2-4-12(10)18/h1-7H,8,18H2,(H,19,21)(H,20,22). The summed E-state index contributed by atoms with van der Waals surface area (Å²) in [5.74, 6) is -0.773. The maximum atomic E-state index is 11.9. The first-order valence-corrected chi connectivity index (χ1v) is 7.24. The van der Waals surface area contributed by atoms with Crippen molar-refractivity contribution in [3.05, 3.63) is 58.1 Å². The molecule has 0 heterocycles. The first-order valence-electron chi connectivity index (χ1n) is 6.49. The van der Waals surface area contributed by atoms with Gasteiger partial charge in [-0.15, -0.1) is 0 Å². The fourth-order valence-electron chi connectivity index (χ4n) is 1.67. The lowest BCUT2D eigenvalue weighted by molar-refractivity contribution is -0.123. The van der Waals surface area contributed by atoms with Gasteiger partial charge in [-0.2, -0.15) is 0 Å². The Balaban J connectivity index is 1.83. The minimum Gasteiger partial charge on any atom is -0.482 e. The van der Waals surface area contributed by atoms with Gasteiger partial charge in [0.25, 0.3) is 11.8 Å². The van der Waals surface area contributed by atoms with Gasteiger partial charge in [-0.05, 0) is 30.3 Å². The molecule has 6 nitrogen and oxygen atoms in total. The van der Waals surface area contributed by atoms with Crippen molar-refractivity contribution in [2.75, 3.05) is 12.3 Å². The number of rotatable bonds is 4. The molecule has 0 saturated heterocycles. The van der Waals surface area contributed by atoms with Crippen molar-refractivity contribution in [1.29, 1.82) is 0 Å². The lowest BCUT2D eigenvalue weighted by Crippen LogP contribution is -2.44. The number of amides is 2. The quantitative estimate of drug-likeness (QED) is 0.581. The molecule has 0 radical (unpaired) electrons. The maximum Gasteiger partial charge on any atom is 0.276 e. The Morgan fingerprint density at radius 1 is 1.09 bits per heavy atom. The Morgan fingerprint density at radius 3 is 2.52 bits per heavy atom. The normalized spacial score (nSPS) is 10.0. The predicted octanol–water partition coefficient (Wildman–Crippen LogP) is 2.42. The zero-order chi connectivity index (χ0) is 16.8. The molecule has 4 N–H and O–H groups in total. The molecule has 0 atom stereocenters. The number of para-hydroxylation sites is 1. The largest absolute Gasteiger partial charge is 0.482 e. The fourth-order valence-corrected chi connectivity index (χ4v) is 2.13. The molecule has 120 valence electrons. The van der Waals surface area contributed by atoms with Gasteiger partial charge < -0.3 is 10.5 Å². The van der Waals surface area contributed by atoms with Crippen LogP contribution in [0.15, 0.2) is 42.5 Å². The van der Waals surface area contributed by atoms with E-state index >= 15 is 0 Å². The zero-order valence-electron chi connectivity index (χ0n) is 11.8. The Kier molecular flexibility index (Phi) is 5.67. The van der Waals surface area contributed by atoms with Gasteiger partial charge in [0.1, 0.15) is 5.75 Å². The Bertz CT molecular complexity index is 738. The molecule has 2 amide bonds. The number of halogens is 2. The summed E-state index contributed by atoms with van der Waals surface area (Å²) in [6.07, 6.45) is 0. The third-order valence-electron chi connectivity index (χ3n) is 2.77. The van der Waals surface area contributed by atoms with Gasteiger partial charge >= 0.3 is 0 Å². The third kappa shape index (κ3) is 4.77. The number of benzene rings is 2. The van der Waals surface area contributed by atoms with E-state index in [0.29, 0.717) is 16.5 Å². The summed E-state index contributed by atoms with van der Waals surface area (Å²) in [6.45, 7) is -0.327. The SMILES string of the molecule is Nc1ccccc1C(=O)NNC(=O)COc1ccc(Cl)cc1Cl. The van der Waals surface area contributed by atoms with Crippen LogP contribution in [0.25, 0.3) is 0 Å². The summed E-state index contributed by atoms with van der Waals surface area (Å²) in [5.41, 5.74) is 10.7. The molecule has 0 unspecified atom stereocenters. The number of hydrogen-bond donors (Lipinski definition) is 3. The second-order valence-electron chi connectivity index (χ2n) is 4.45. The molecule has 0 aliphatic heterocycles. The van der Waals surface area contributed by atoms with Crippen LogP contribution in [0, 0.1) is 0 Å². The van der Waals surface area contributed by atoms with E-state index in [9.17, 15) is 9.59 Å².